The summed E-state index contributed by atoms with van der Waals surface area (Å²) in [6.07, 6.45) is 6.88. The van der Waals surface area contributed by atoms with Crippen LogP contribution in [0.15, 0.2) is 97.2 Å². The quantitative estimate of drug-likeness (QED) is 0.152. The second-order valence-electron chi connectivity index (χ2n) is 12.6. The van der Waals surface area contributed by atoms with Crippen LogP contribution in [0.2, 0.25) is 0 Å². The van der Waals surface area contributed by atoms with E-state index in [-0.39, 0.29) is 17.2 Å². The number of nitrogens with zero attached hydrogens (tertiary/aromatic N) is 1. The first-order valence-electron chi connectivity index (χ1n) is 15.7. The maximum atomic E-state index is 12.6. The van der Waals surface area contributed by atoms with Gasteiger partial charge in [-0.25, -0.2) is 4.98 Å². The van der Waals surface area contributed by atoms with Crippen LogP contribution in [0, 0.1) is 13.8 Å². The standard InChI is InChI=1S/C39H45N3O3Si/c1-27(22-23-40-36(44)21-19-31-18-20-35(41-25-31)42-30(4)43)37-29(3)38(39(5,6)7)28(2)24-32(37)26-45-46(33-14-10-8-11-15-33)34-16-12-9-13-17-34/h8-22,24-25,46H,23,26H2,1-7H3,(H,40,44)(H,41,42,43). The van der Waals surface area contributed by atoms with Crippen molar-refractivity contribution in [3.8, 4) is 0 Å². The number of aromatic nitrogens is 1. The summed E-state index contributed by atoms with van der Waals surface area (Å²) < 4.78 is 6.88. The predicted octanol–water partition coefficient (Wildman–Crippen LogP) is 6.24. The van der Waals surface area contributed by atoms with E-state index in [0.717, 1.165) is 16.7 Å². The van der Waals surface area contributed by atoms with Crippen molar-refractivity contribution in [2.75, 3.05) is 11.9 Å². The van der Waals surface area contributed by atoms with Crippen LogP contribution in [0.3, 0.4) is 0 Å². The zero-order valence-electron chi connectivity index (χ0n) is 28.0. The van der Waals surface area contributed by atoms with E-state index in [1.165, 1.54) is 45.6 Å². The molecule has 0 aliphatic carbocycles. The van der Waals surface area contributed by atoms with Gasteiger partial charge in [0.15, 0.2) is 0 Å². The van der Waals surface area contributed by atoms with Gasteiger partial charge in [-0.3, -0.25) is 9.59 Å². The average molecular weight is 632 g/mol. The maximum absolute atomic E-state index is 12.6. The number of nitrogens with one attached hydrogen (secondary N) is 2. The molecule has 0 saturated carbocycles. The van der Waals surface area contributed by atoms with Gasteiger partial charge in [-0.2, -0.15) is 0 Å². The molecule has 1 heterocycles. The summed E-state index contributed by atoms with van der Waals surface area (Å²) in [5.41, 5.74) is 8.02. The molecule has 238 valence electrons. The van der Waals surface area contributed by atoms with E-state index >= 15 is 0 Å². The van der Waals surface area contributed by atoms with Crippen molar-refractivity contribution >= 4 is 48.7 Å². The third kappa shape index (κ3) is 9.22. The highest BCUT2D eigenvalue weighted by molar-refractivity contribution is 6.80. The van der Waals surface area contributed by atoms with Crippen LogP contribution < -0.4 is 21.0 Å². The molecule has 0 aliphatic heterocycles. The first-order chi connectivity index (χ1) is 21.9. The molecular weight excluding hydrogens is 587 g/mol. The number of hydrogen-bond acceptors (Lipinski definition) is 4. The molecule has 6 nitrogen and oxygen atoms in total. The number of benzene rings is 3. The molecule has 0 unspecified atom stereocenters. The molecule has 0 saturated heterocycles. The minimum atomic E-state index is -1.94. The smallest absolute Gasteiger partial charge is 0.244 e. The Bertz CT molecular complexity index is 1670. The van der Waals surface area contributed by atoms with Gasteiger partial charge in [0, 0.05) is 25.7 Å². The predicted molar refractivity (Wildman–Crippen MR) is 193 cm³/mol. The zero-order chi connectivity index (χ0) is 33.3. The minimum Gasteiger partial charge on any atom is -0.407 e. The number of allylic oxidation sites excluding steroid dienone is 1. The monoisotopic (exact) mass is 631 g/mol. The summed E-state index contributed by atoms with van der Waals surface area (Å²) in [5, 5.41) is 8.10. The van der Waals surface area contributed by atoms with Crippen molar-refractivity contribution in [1.29, 1.82) is 0 Å². The highest BCUT2D eigenvalue weighted by atomic mass is 28.3. The number of amides is 2. The molecule has 0 atom stereocenters. The number of rotatable bonds is 11. The molecule has 46 heavy (non-hydrogen) atoms. The molecule has 0 bridgehead atoms. The van der Waals surface area contributed by atoms with E-state index in [0.29, 0.717) is 19.0 Å². The van der Waals surface area contributed by atoms with Gasteiger partial charge in [0.25, 0.3) is 0 Å². The van der Waals surface area contributed by atoms with Gasteiger partial charge in [0.1, 0.15) is 5.82 Å². The maximum Gasteiger partial charge on any atom is 0.244 e. The Morgan fingerprint density at radius 1 is 0.913 bits per heavy atom. The van der Waals surface area contributed by atoms with Gasteiger partial charge in [-0.15, -0.1) is 0 Å². The second-order valence-corrected chi connectivity index (χ2v) is 15.0. The molecule has 0 radical (unpaired) electrons. The first-order valence-corrected chi connectivity index (χ1v) is 17.3. The van der Waals surface area contributed by atoms with Crippen molar-refractivity contribution in [3.63, 3.8) is 0 Å². The summed E-state index contributed by atoms with van der Waals surface area (Å²) in [6.45, 7) is 15.6. The van der Waals surface area contributed by atoms with Gasteiger partial charge < -0.3 is 15.1 Å². The largest absolute Gasteiger partial charge is 0.407 e. The van der Waals surface area contributed by atoms with Crippen molar-refractivity contribution < 1.29 is 14.0 Å². The fourth-order valence-electron chi connectivity index (χ4n) is 6.09. The van der Waals surface area contributed by atoms with Gasteiger partial charge in [-0.1, -0.05) is 93.6 Å². The molecule has 2 amide bonds. The van der Waals surface area contributed by atoms with E-state index in [2.05, 4.69) is 118 Å². The molecule has 2 N–H and O–H groups in total. The third-order valence-corrected chi connectivity index (χ3v) is 10.3. The zero-order valence-corrected chi connectivity index (χ0v) is 29.1. The number of carbonyl (C=O) groups excluding carboxylic acids is 2. The van der Waals surface area contributed by atoms with Gasteiger partial charge >= 0.3 is 0 Å². The van der Waals surface area contributed by atoms with E-state index in [4.69, 9.17) is 4.43 Å². The summed E-state index contributed by atoms with van der Waals surface area (Å²) in [4.78, 5) is 28.0. The Labute approximate surface area is 275 Å². The van der Waals surface area contributed by atoms with Crippen LogP contribution in [0.1, 0.15) is 68.0 Å². The molecule has 4 aromatic rings. The van der Waals surface area contributed by atoms with Crippen molar-refractivity contribution in [2.45, 2.75) is 60.5 Å². The van der Waals surface area contributed by atoms with Crippen LogP contribution in [-0.2, 0) is 26.0 Å². The Hall–Kier alpha value is -4.59. The fraction of sp³-hybridized carbons (Fsp3) is 0.256. The second kappa shape index (κ2) is 15.6. The number of anilines is 1. The summed E-state index contributed by atoms with van der Waals surface area (Å²) in [5.74, 6) is 0.0895. The van der Waals surface area contributed by atoms with Crippen LogP contribution in [0.25, 0.3) is 11.6 Å². The molecule has 0 spiro atoms. The van der Waals surface area contributed by atoms with Crippen LogP contribution in [0.4, 0.5) is 5.82 Å². The van der Waals surface area contributed by atoms with E-state index in [1.807, 2.05) is 12.1 Å². The number of aryl methyl sites for hydroxylation is 1. The Morgan fingerprint density at radius 2 is 1.54 bits per heavy atom. The molecule has 4 rings (SSSR count). The average Bonchev–Trinajstić information content (AvgIpc) is 3.00. The highest BCUT2D eigenvalue weighted by Crippen LogP contribution is 2.36. The molecule has 0 aliphatic rings. The van der Waals surface area contributed by atoms with E-state index in [1.54, 1.807) is 24.4 Å². The van der Waals surface area contributed by atoms with Crippen molar-refractivity contribution in [1.82, 2.24) is 10.3 Å². The fourth-order valence-corrected chi connectivity index (χ4v) is 8.35. The Kier molecular flexibility index (Phi) is 11.6. The lowest BCUT2D eigenvalue weighted by Gasteiger charge is -2.29. The van der Waals surface area contributed by atoms with Gasteiger partial charge in [-0.05, 0) is 93.7 Å². The van der Waals surface area contributed by atoms with Crippen molar-refractivity contribution in [2.24, 2.45) is 0 Å². The lowest BCUT2D eigenvalue weighted by molar-refractivity contribution is -0.116. The Balaban J connectivity index is 1.56. The van der Waals surface area contributed by atoms with E-state index in [9.17, 15) is 9.59 Å². The molecule has 1 aromatic heterocycles. The lowest BCUT2D eigenvalue weighted by atomic mass is 9.77. The van der Waals surface area contributed by atoms with Gasteiger partial charge in [0.2, 0.25) is 20.9 Å². The van der Waals surface area contributed by atoms with Crippen LogP contribution >= 0.6 is 0 Å². The molecule has 3 aromatic carbocycles. The number of hydrogen-bond donors (Lipinski definition) is 2. The lowest BCUT2D eigenvalue weighted by Crippen LogP contribution is -2.44. The SMILES string of the molecule is CC(=O)Nc1ccc(C=CC(=O)NCC=C(C)c2c(CO[SiH](c3ccccc3)c3ccccc3)cc(C)c(C(C)(C)C)c2C)cn1. The minimum absolute atomic E-state index is 0.0256. The van der Waals surface area contributed by atoms with Crippen LogP contribution in [0.5, 0.6) is 0 Å². The van der Waals surface area contributed by atoms with Gasteiger partial charge in [0.05, 0.1) is 6.61 Å². The summed E-state index contributed by atoms with van der Waals surface area (Å²) in [7, 11) is -1.94. The number of carbonyl (C=O) groups is 2. The highest BCUT2D eigenvalue weighted by Gasteiger charge is 2.24. The topological polar surface area (TPSA) is 80.3 Å². The van der Waals surface area contributed by atoms with E-state index < -0.39 is 9.04 Å². The third-order valence-electron chi connectivity index (χ3n) is 7.81. The molecule has 7 heteroatoms. The number of pyridine rings is 1. The molecular formula is C39H45N3O3Si. The summed E-state index contributed by atoms with van der Waals surface area (Å²) >= 11 is 0. The normalized spacial score (nSPS) is 12.0. The summed E-state index contributed by atoms with van der Waals surface area (Å²) in [6, 6.07) is 26.9. The Morgan fingerprint density at radius 3 is 2.09 bits per heavy atom. The first kappa shape index (κ1) is 34.3. The van der Waals surface area contributed by atoms with Crippen molar-refractivity contribution in [3.05, 3.63) is 131 Å². The molecule has 0 fully saturated rings. The van der Waals surface area contributed by atoms with Crippen LogP contribution in [-0.4, -0.2) is 32.4 Å².